The van der Waals surface area contributed by atoms with Gasteiger partial charge in [-0.3, -0.25) is 4.79 Å². The summed E-state index contributed by atoms with van der Waals surface area (Å²) in [6.45, 7) is 1.61. The predicted molar refractivity (Wildman–Crippen MR) is 103 cm³/mol. The molecule has 0 atom stereocenters. The molecular weight excluding hydrogens is 359 g/mol. The molecular formula is C22H21FN2O3. The zero-order valence-electron chi connectivity index (χ0n) is 15.4. The number of benzene rings is 2. The first-order valence-electron chi connectivity index (χ1n) is 9.59. The van der Waals surface area contributed by atoms with Crippen molar-refractivity contribution < 1.29 is 19.0 Å². The van der Waals surface area contributed by atoms with Gasteiger partial charge in [0, 0.05) is 24.0 Å². The van der Waals surface area contributed by atoms with Crippen molar-refractivity contribution in [3.05, 3.63) is 65.1 Å². The average Bonchev–Trinajstić information content (AvgIpc) is 3.11. The first kappa shape index (κ1) is 17.3. The number of phenols is 1. The normalized spacial score (nSPS) is 18.4. The van der Waals surface area contributed by atoms with Gasteiger partial charge in [0.2, 0.25) is 0 Å². The van der Waals surface area contributed by atoms with Crippen LogP contribution in [0.2, 0.25) is 0 Å². The Balaban J connectivity index is 1.42. The van der Waals surface area contributed by atoms with Crippen molar-refractivity contribution in [3.63, 3.8) is 0 Å². The van der Waals surface area contributed by atoms with Crippen molar-refractivity contribution in [2.24, 2.45) is 0 Å². The van der Waals surface area contributed by atoms with E-state index in [1.165, 1.54) is 23.1 Å². The van der Waals surface area contributed by atoms with Gasteiger partial charge in [0.05, 0.1) is 17.9 Å². The highest BCUT2D eigenvalue weighted by Gasteiger charge is 2.43. The molecule has 28 heavy (non-hydrogen) atoms. The number of hydrogen-bond acceptors (Lipinski definition) is 3. The molecule has 1 saturated heterocycles. The summed E-state index contributed by atoms with van der Waals surface area (Å²) in [5.74, 6) is -1.12. The van der Waals surface area contributed by atoms with Crippen LogP contribution in [0.1, 0.15) is 34.5 Å². The Kier molecular flexibility index (Phi) is 3.91. The van der Waals surface area contributed by atoms with E-state index in [1.807, 2.05) is 12.1 Å². The van der Waals surface area contributed by atoms with E-state index in [9.17, 15) is 14.3 Å². The highest BCUT2D eigenvalue weighted by atomic mass is 19.1. The Hall–Kier alpha value is -2.86. The number of phenolic OH excluding ortho intramolecular Hbond substituents is 1. The number of nitrogens with zero attached hydrogens (tertiary/aromatic N) is 1. The molecule has 6 heteroatoms. The minimum Gasteiger partial charge on any atom is -0.508 e. The summed E-state index contributed by atoms with van der Waals surface area (Å²) in [6.07, 6.45) is 2.18. The lowest BCUT2D eigenvalue weighted by Crippen LogP contribution is -2.48. The molecule has 0 bridgehead atoms. The molecule has 2 N–H and O–H groups in total. The number of aromatic nitrogens is 1. The summed E-state index contributed by atoms with van der Waals surface area (Å²) >= 11 is 0. The van der Waals surface area contributed by atoms with Gasteiger partial charge in [-0.1, -0.05) is 18.2 Å². The van der Waals surface area contributed by atoms with Crippen LogP contribution in [0.3, 0.4) is 0 Å². The maximum atomic E-state index is 14.1. The molecule has 0 aliphatic carbocycles. The number of aromatic amines is 1. The van der Waals surface area contributed by atoms with Crippen LogP contribution in [-0.4, -0.2) is 40.6 Å². The molecule has 0 radical (unpaired) electrons. The molecule has 0 saturated carbocycles. The van der Waals surface area contributed by atoms with Crippen molar-refractivity contribution in [2.45, 2.75) is 24.9 Å². The van der Waals surface area contributed by atoms with E-state index < -0.39 is 17.3 Å². The van der Waals surface area contributed by atoms with E-state index in [4.69, 9.17) is 4.74 Å². The van der Waals surface area contributed by atoms with Gasteiger partial charge in [-0.25, -0.2) is 4.39 Å². The Labute approximate surface area is 161 Å². The number of ether oxygens (including phenoxy) is 1. The summed E-state index contributed by atoms with van der Waals surface area (Å²) in [6, 6.07) is 11.8. The maximum absolute atomic E-state index is 14.1. The van der Waals surface area contributed by atoms with E-state index in [-0.39, 0.29) is 11.3 Å². The van der Waals surface area contributed by atoms with Gasteiger partial charge < -0.3 is 19.7 Å². The van der Waals surface area contributed by atoms with Crippen molar-refractivity contribution >= 4 is 16.8 Å². The van der Waals surface area contributed by atoms with E-state index in [0.29, 0.717) is 32.5 Å². The number of hydrogen-bond donors (Lipinski definition) is 2. The van der Waals surface area contributed by atoms with Gasteiger partial charge in [-0.2, -0.15) is 0 Å². The number of para-hydroxylation sites is 1. The minimum absolute atomic E-state index is 0.0909. The topological polar surface area (TPSA) is 65.6 Å². The Morgan fingerprint density at radius 1 is 1.18 bits per heavy atom. The van der Waals surface area contributed by atoms with Gasteiger partial charge in [-0.05, 0) is 49.1 Å². The van der Waals surface area contributed by atoms with Crippen LogP contribution in [0.25, 0.3) is 10.9 Å². The number of halogens is 1. The van der Waals surface area contributed by atoms with Crippen molar-refractivity contribution in [1.29, 1.82) is 0 Å². The third kappa shape index (κ3) is 2.59. The maximum Gasteiger partial charge on any atom is 0.256 e. The van der Waals surface area contributed by atoms with Crippen LogP contribution in [0.5, 0.6) is 5.75 Å². The van der Waals surface area contributed by atoms with Crippen LogP contribution in [0, 0.1) is 5.82 Å². The van der Waals surface area contributed by atoms with Crippen LogP contribution >= 0.6 is 0 Å². The first-order valence-corrected chi connectivity index (χ1v) is 9.59. The predicted octanol–water partition coefficient (Wildman–Crippen LogP) is 3.72. The number of amides is 1. The van der Waals surface area contributed by atoms with Crippen molar-refractivity contribution in [1.82, 2.24) is 9.88 Å². The van der Waals surface area contributed by atoms with E-state index in [0.717, 1.165) is 23.7 Å². The molecule has 5 nitrogen and oxygen atoms in total. The third-order valence-electron chi connectivity index (χ3n) is 6.04. The number of aromatic hydroxyl groups is 1. The number of piperidine rings is 1. The minimum atomic E-state index is -0.616. The third-order valence-corrected chi connectivity index (χ3v) is 6.04. The zero-order valence-corrected chi connectivity index (χ0v) is 15.4. The van der Waals surface area contributed by atoms with Gasteiger partial charge in [0.25, 0.3) is 5.91 Å². The van der Waals surface area contributed by atoms with Gasteiger partial charge in [-0.15, -0.1) is 0 Å². The second kappa shape index (κ2) is 6.34. The summed E-state index contributed by atoms with van der Waals surface area (Å²) in [5.41, 5.74) is 3.02. The fourth-order valence-electron chi connectivity index (χ4n) is 4.58. The summed E-state index contributed by atoms with van der Waals surface area (Å²) in [7, 11) is 0. The zero-order chi connectivity index (χ0) is 19.3. The number of rotatable bonds is 1. The lowest BCUT2D eigenvalue weighted by atomic mass is 9.83. The van der Waals surface area contributed by atoms with E-state index in [2.05, 4.69) is 17.1 Å². The molecule has 2 aliphatic rings. The second-order valence-corrected chi connectivity index (χ2v) is 7.57. The summed E-state index contributed by atoms with van der Waals surface area (Å²) in [4.78, 5) is 17.9. The molecule has 1 fully saturated rings. The smallest absolute Gasteiger partial charge is 0.256 e. The van der Waals surface area contributed by atoms with Crippen molar-refractivity contribution in [3.8, 4) is 5.75 Å². The van der Waals surface area contributed by atoms with Crippen LogP contribution in [0.4, 0.5) is 4.39 Å². The number of likely N-dealkylation sites (tertiary alicyclic amines) is 1. The Morgan fingerprint density at radius 3 is 2.79 bits per heavy atom. The first-order chi connectivity index (χ1) is 13.6. The molecule has 2 aliphatic heterocycles. The second-order valence-electron chi connectivity index (χ2n) is 7.57. The van der Waals surface area contributed by atoms with Crippen LogP contribution in [-0.2, 0) is 16.8 Å². The van der Waals surface area contributed by atoms with Gasteiger partial charge in [0.15, 0.2) is 0 Å². The fourth-order valence-corrected chi connectivity index (χ4v) is 4.58. The lowest BCUT2D eigenvalue weighted by molar-refractivity contribution is -0.0957. The van der Waals surface area contributed by atoms with Crippen LogP contribution in [0.15, 0.2) is 42.5 Å². The van der Waals surface area contributed by atoms with Crippen molar-refractivity contribution in [2.75, 3.05) is 19.7 Å². The van der Waals surface area contributed by atoms with Crippen LogP contribution < -0.4 is 0 Å². The SMILES string of the molecule is O=C(c1cc(O)ccc1F)N1CCC2(CC1)OCCc1c2[nH]c2ccccc12. The number of H-pyrrole nitrogens is 1. The fraction of sp³-hybridized carbons (Fsp3) is 0.318. The highest BCUT2D eigenvalue weighted by Crippen LogP contribution is 2.43. The summed E-state index contributed by atoms with van der Waals surface area (Å²) in [5, 5.41) is 10.8. The van der Waals surface area contributed by atoms with E-state index in [1.54, 1.807) is 4.90 Å². The molecule has 144 valence electrons. The largest absolute Gasteiger partial charge is 0.508 e. The molecule has 1 aromatic heterocycles. The number of nitrogens with one attached hydrogen (secondary N) is 1. The van der Waals surface area contributed by atoms with Gasteiger partial charge in [0.1, 0.15) is 17.2 Å². The Bertz CT molecular complexity index is 1070. The standard InChI is InChI=1S/C22H21FN2O3/c23-18-6-5-14(26)13-17(18)21(27)25-10-8-22(9-11-25)20-16(7-12-28-22)15-3-1-2-4-19(15)24-20/h1-6,13,24,26H,7-12H2. The molecule has 0 unspecified atom stereocenters. The monoisotopic (exact) mass is 380 g/mol. The lowest BCUT2D eigenvalue weighted by Gasteiger charge is -2.43. The molecule has 5 rings (SSSR count). The quantitative estimate of drug-likeness (QED) is 0.676. The highest BCUT2D eigenvalue weighted by molar-refractivity contribution is 5.95. The van der Waals surface area contributed by atoms with E-state index >= 15 is 0 Å². The summed E-state index contributed by atoms with van der Waals surface area (Å²) < 4.78 is 20.3. The number of carbonyl (C=O) groups is 1. The molecule has 1 spiro atoms. The Morgan fingerprint density at radius 2 is 1.96 bits per heavy atom. The molecule has 2 aromatic carbocycles. The number of carbonyl (C=O) groups excluding carboxylic acids is 1. The molecule has 3 aromatic rings. The number of fused-ring (bicyclic) bond motifs is 4. The van der Waals surface area contributed by atoms with Gasteiger partial charge >= 0.3 is 0 Å². The average molecular weight is 380 g/mol. The molecule has 3 heterocycles. The molecule has 1 amide bonds.